The molecule has 1 N–H and O–H groups in total. The Kier molecular flexibility index (Phi) is 7.52. The van der Waals surface area contributed by atoms with Crippen molar-refractivity contribution in [3.05, 3.63) is 70.4 Å². The molecule has 0 fully saturated rings. The first kappa shape index (κ1) is 26.4. The Morgan fingerprint density at radius 1 is 1.11 bits per heavy atom. The molecule has 2 heterocycles. The summed E-state index contributed by atoms with van der Waals surface area (Å²) in [6.07, 6.45) is 2.32. The number of allylic oxidation sites excluding steroid dienone is 2. The minimum absolute atomic E-state index is 0.112. The number of anilines is 1. The van der Waals surface area contributed by atoms with Crippen molar-refractivity contribution < 1.29 is 14.3 Å². The number of hydrogen-bond acceptors (Lipinski definition) is 7. The number of aryl methyl sites for hydroxylation is 1. The molecule has 2 aliphatic rings. The molecule has 1 aliphatic carbocycles. The third kappa shape index (κ3) is 5.46. The quantitative estimate of drug-likeness (QED) is 0.306. The first-order chi connectivity index (χ1) is 18.3. The maximum atomic E-state index is 13.6. The largest absolute Gasteiger partial charge is 0.490 e. The van der Waals surface area contributed by atoms with Gasteiger partial charge in [-0.3, -0.25) is 4.79 Å². The van der Waals surface area contributed by atoms with Gasteiger partial charge in [0, 0.05) is 23.4 Å². The molecule has 3 aromatic rings. The number of benzene rings is 2. The zero-order chi connectivity index (χ0) is 26.9. The van der Waals surface area contributed by atoms with E-state index in [1.807, 2.05) is 35.9 Å². The van der Waals surface area contributed by atoms with Crippen LogP contribution in [-0.2, 0) is 11.4 Å². The van der Waals surface area contributed by atoms with E-state index in [2.05, 4.69) is 51.2 Å². The second-order valence-corrected chi connectivity index (χ2v) is 11.9. The van der Waals surface area contributed by atoms with Crippen LogP contribution in [0.1, 0.15) is 69.7 Å². The molecule has 1 aromatic heterocycles. The van der Waals surface area contributed by atoms with Gasteiger partial charge in [0.1, 0.15) is 12.6 Å². The van der Waals surface area contributed by atoms with Gasteiger partial charge in [0.2, 0.25) is 11.1 Å². The number of hydrogen-bond donors (Lipinski definition) is 1. The van der Waals surface area contributed by atoms with Crippen molar-refractivity contribution in [1.82, 2.24) is 14.8 Å². The number of ether oxygens (including phenoxy) is 2. The zero-order valence-electron chi connectivity index (χ0n) is 22.8. The molecule has 200 valence electrons. The summed E-state index contributed by atoms with van der Waals surface area (Å²) in [5.41, 5.74) is 4.83. The van der Waals surface area contributed by atoms with Gasteiger partial charge in [-0.05, 0) is 55.4 Å². The molecule has 0 saturated heterocycles. The highest BCUT2D eigenvalue weighted by Gasteiger charge is 2.42. The molecule has 0 radical (unpaired) electrons. The van der Waals surface area contributed by atoms with Gasteiger partial charge in [0.25, 0.3) is 0 Å². The fourth-order valence-corrected chi connectivity index (χ4v) is 5.88. The van der Waals surface area contributed by atoms with Gasteiger partial charge in [-0.1, -0.05) is 68.4 Å². The third-order valence-corrected chi connectivity index (χ3v) is 7.85. The lowest BCUT2D eigenvalue weighted by atomic mass is 9.73. The number of rotatable bonds is 9. The van der Waals surface area contributed by atoms with Crippen molar-refractivity contribution in [3.8, 4) is 11.5 Å². The standard InChI is InChI=1S/C30H36N4O3S/c1-6-13-38-29-32-28-31-22-16-30(4,5)17-23(35)26(22)27(34(28)33-29)21-11-12-24(25(15-21)36-7-2)37-18-20-10-8-9-19(3)14-20/h8-12,14-15,27H,6-7,13,16-18H2,1-5H3,(H,31,32,33). The second kappa shape index (κ2) is 10.8. The van der Waals surface area contributed by atoms with Crippen LogP contribution >= 0.6 is 11.8 Å². The number of Topliss-reactive ketones (excluding diaryl/α,β-unsaturated/α-hetero) is 1. The lowest BCUT2D eigenvalue weighted by molar-refractivity contribution is -0.118. The van der Waals surface area contributed by atoms with Crippen LogP contribution in [0, 0.1) is 12.3 Å². The normalized spacial score (nSPS) is 18.0. The fraction of sp³-hybridized carbons (Fsp3) is 0.433. The molecular weight excluding hydrogens is 496 g/mol. The number of thioether (sulfide) groups is 1. The summed E-state index contributed by atoms with van der Waals surface area (Å²) in [4.78, 5) is 18.3. The van der Waals surface area contributed by atoms with Crippen molar-refractivity contribution >= 4 is 23.5 Å². The zero-order valence-corrected chi connectivity index (χ0v) is 23.7. The molecule has 5 rings (SSSR count). The molecule has 7 nitrogen and oxygen atoms in total. The van der Waals surface area contributed by atoms with Crippen molar-refractivity contribution in [1.29, 1.82) is 0 Å². The minimum Gasteiger partial charge on any atom is -0.490 e. The number of nitrogens with zero attached hydrogens (tertiary/aromatic N) is 3. The highest BCUT2D eigenvalue weighted by atomic mass is 32.2. The van der Waals surface area contributed by atoms with Gasteiger partial charge < -0.3 is 14.8 Å². The van der Waals surface area contributed by atoms with E-state index >= 15 is 0 Å². The van der Waals surface area contributed by atoms with Gasteiger partial charge in [-0.2, -0.15) is 4.98 Å². The average molecular weight is 533 g/mol. The summed E-state index contributed by atoms with van der Waals surface area (Å²) >= 11 is 1.63. The third-order valence-electron chi connectivity index (χ3n) is 6.81. The van der Waals surface area contributed by atoms with E-state index in [9.17, 15) is 4.79 Å². The van der Waals surface area contributed by atoms with Crippen LogP contribution in [0.15, 0.2) is 58.9 Å². The maximum absolute atomic E-state index is 13.6. The fourth-order valence-electron chi connectivity index (χ4n) is 5.20. The number of fused-ring (bicyclic) bond motifs is 1. The Morgan fingerprint density at radius 2 is 1.95 bits per heavy atom. The van der Waals surface area contributed by atoms with E-state index in [0.717, 1.165) is 41.0 Å². The minimum atomic E-state index is -0.377. The summed E-state index contributed by atoms with van der Waals surface area (Å²) in [5, 5.41) is 9.01. The Labute approximate surface area is 229 Å². The van der Waals surface area contributed by atoms with Crippen LogP contribution < -0.4 is 14.8 Å². The predicted molar refractivity (Wildman–Crippen MR) is 151 cm³/mol. The Morgan fingerprint density at radius 3 is 2.71 bits per heavy atom. The van der Waals surface area contributed by atoms with Gasteiger partial charge in [0.05, 0.1) is 6.61 Å². The molecule has 0 bridgehead atoms. The topological polar surface area (TPSA) is 78.3 Å². The SMILES string of the molecule is CCCSc1nc2n(n1)C(c1ccc(OCc3cccc(C)c3)c(OCC)c1)C1=C(CC(C)(C)CC1=O)N2. The highest BCUT2D eigenvalue weighted by Crippen LogP contribution is 2.46. The predicted octanol–water partition coefficient (Wildman–Crippen LogP) is 6.72. The van der Waals surface area contributed by atoms with Gasteiger partial charge in [-0.25, -0.2) is 4.68 Å². The molecule has 1 atom stereocenters. The number of ketones is 1. The van der Waals surface area contributed by atoms with Crippen molar-refractivity contribution in [2.45, 2.75) is 71.7 Å². The van der Waals surface area contributed by atoms with E-state index in [1.165, 1.54) is 5.56 Å². The Balaban J connectivity index is 1.54. The smallest absolute Gasteiger partial charge is 0.227 e. The molecule has 2 aromatic carbocycles. The molecule has 1 unspecified atom stereocenters. The van der Waals surface area contributed by atoms with E-state index < -0.39 is 0 Å². The number of carbonyl (C=O) groups is 1. The van der Waals surface area contributed by atoms with E-state index in [-0.39, 0.29) is 17.2 Å². The number of nitrogens with one attached hydrogen (secondary N) is 1. The Bertz CT molecular complexity index is 1380. The number of carbonyl (C=O) groups excluding carboxylic acids is 1. The molecule has 0 amide bonds. The molecule has 8 heteroatoms. The van der Waals surface area contributed by atoms with E-state index in [0.29, 0.717) is 42.2 Å². The van der Waals surface area contributed by atoms with E-state index in [4.69, 9.17) is 19.6 Å². The van der Waals surface area contributed by atoms with Crippen molar-refractivity contribution in [3.63, 3.8) is 0 Å². The molecule has 38 heavy (non-hydrogen) atoms. The van der Waals surface area contributed by atoms with Gasteiger partial charge >= 0.3 is 0 Å². The summed E-state index contributed by atoms with van der Waals surface area (Å²) in [6, 6.07) is 13.9. The van der Waals surface area contributed by atoms with Gasteiger partial charge in [0.15, 0.2) is 17.3 Å². The monoisotopic (exact) mass is 532 g/mol. The summed E-state index contributed by atoms with van der Waals surface area (Å²) in [6.45, 7) is 11.4. The summed E-state index contributed by atoms with van der Waals surface area (Å²) in [7, 11) is 0. The van der Waals surface area contributed by atoms with Gasteiger partial charge in [-0.15, -0.1) is 5.10 Å². The molecule has 1 aliphatic heterocycles. The lowest BCUT2D eigenvalue weighted by Crippen LogP contribution is -2.36. The van der Waals surface area contributed by atoms with Crippen LogP contribution in [0.4, 0.5) is 5.95 Å². The lowest BCUT2D eigenvalue weighted by Gasteiger charge is -2.38. The maximum Gasteiger partial charge on any atom is 0.227 e. The van der Waals surface area contributed by atoms with Crippen molar-refractivity contribution in [2.24, 2.45) is 5.41 Å². The van der Waals surface area contributed by atoms with Crippen LogP contribution in [0.3, 0.4) is 0 Å². The van der Waals surface area contributed by atoms with Crippen molar-refractivity contribution in [2.75, 3.05) is 17.7 Å². The average Bonchev–Trinajstić information content (AvgIpc) is 3.27. The molecular formula is C30H36N4O3S. The van der Waals surface area contributed by atoms with Crippen LogP contribution in [0.5, 0.6) is 11.5 Å². The van der Waals surface area contributed by atoms with Crippen LogP contribution in [0.2, 0.25) is 0 Å². The molecule has 0 saturated carbocycles. The summed E-state index contributed by atoms with van der Waals surface area (Å²) < 4.78 is 14.1. The highest BCUT2D eigenvalue weighted by molar-refractivity contribution is 7.99. The number of aromatic nitrogens is 3. The van der Waals surface area contributed by atoms with Crippen LogP contribution in [0.25, 0.3) is 0 Å². The summed E-state index contributed by atoms with van der Waals surface area (Å²) in [5.74, 6) is 3.10. The molecule has 0 spiro atoms. The Hall–Kier alpha value is -3.26. The second-order valence-electron chi connectivity index (χ2n) is 10.8. The first-order valence-electron chi connectivity index (χ1n) is 13.4. The van der Waals surface area contributed by atoms with Crippen LogP contribution in [-0.4, -0.2) is 32.9 Å². The first-order valence-corrected chi connectivity index (χ1v) is 14.3. The van der Waals surface area contributed by atoms with E-state index in [1.54, 1.807) is 11.8 Å².